The van der Waals surface area contributed by atoms with Crippen molar-refractivity contribution in [1.29, 1.82) is 0 Å². The van der Waals surface area contributed by atoms with Crippen molar-refractivity contribution in [2.24, 2.45) is 0 Å². The number of anilines is 1. The molecule has 3 nitrogen and oxygen atoms in total. The molecule has 0 fully saturated rings. The van der Waals surface area contributed by atoms with Gasteiger partial charge in [0.1, 0.15) is 4.34 Å². The van der Waals surface area contributed by atoms with Crippen molar-refractivity contribution >= 4 is 62.1 Å². The number of thiophene rings is 1. The number of hydrogen-bond donors (Lipinski definition) is 1. The van der Waals surface area contributed by atoms with Crippen LogP contribution in [-0.4, -0.2) is 24.9 Å². The summed E-state index contributed by atoms with van der Waals surface area (Å²) in [5.74, 6) is -0.120. The highest BCUT2D eigenvalue weighted by atomic mass is 79.9. The third kappa shape index (κ3) is 4.13. The monoisotopic (exact) mass is 406 g/mol. The molecular formula is C14H13BrCl2N2OS. The molecule has 0 unspecified atom stereocenters. The summed E-state index contributed by atoms with van der Waals surface area (Å²) < 4.78 is 1.62. The summed E-state index contributed by atoms with van der Waals surface area (Å²) >= 11 is 17.0. The Labute approximate surface area is 146 Å². The number of benzene rings is 1. The van der Waals surface area contributed by atoms with Crippen LogP contribution >= 0.6 is 50.5 Å². The van der Waals surface area contributed by atoms with Gasteiger partial charge in [-0.25, -0.2) is 0 Å². The van der Waals surface area contributed by atoms with Crippen molar-refractivity contribution in [2.45, 2.75) is 6.54 Å². The van der Waals surface area contributed by atoms with Gasteiger partial charge < -0.3 is 10.2 Å². The zero-order chi connectivity index (χ0) is 15.6. The molecule has 2 aromatic rings. The Kier molecular flexibility index (Phi) is 5.54. The predicted octanol–water partition coefficient (Wildman–Crippen LogP) is 5.13. The van der Waals surface area contributed by atoms with E-state index in [0.29, 0.717) is 17.1 Å². The summed E-state index contributed by atoms with van der Waals surface area (Å²) in [7, 11) is 3.40. The number of nitrogens with zero attached hydrogens (tertiary/aromatic N) is 1. The number of carbonyl (C=O) groups is 1. The maximum atomic E-state index is 12.0. The van der Waals surface area contributed by atoms with Gasteiger partial charge in [-0.2, -0.15) is 0 Å². The molecule has 0 aliphatic heterocycles. The van der Waals surface area contributed by atoms with Crippen LogP contribution in [0.25, 0.3) is 0 Å². The summed E-state index contributed by atoms with van der Waals surface area (Å²) in [6, 6.07) is 7.30. The van der Waals surface area contributed by atoms with Crippen LogP contribution in [0.3, 0.4) is 0 Å². The summed E-state index contributed by atoms with van der Waals surface area (Å²) in [4.78, 5) is 14.6. The van der Waals surface area contributed by atoms with Crippen molar-refractivity contribution in [3.8, 4) is 0 Å². The second-order valence-corrected chi connectivity index (χ2v) is 7.58. The number of nitrogens with one attached hydrogen (secondary N) is 1. The molecule has 1 aromatic heterocycles. The van der Waals surface area contributed by atoms with Gasteiger partial charge >= 0.3 is 0 Å². The minimum Gasteiger partial charge on any atom is -0.380 e. The zero-order valence-corrected chi connectivity index (χ0v) is 15.3. The molecule has 0 saturated carbocycles. The second-order valence-electron chi connectivity index (χ2n) is 4.58. The van der Waals surface area contributed by atoms with E-state index in [1.807, 2.05) is 12.1 Å². The average Bonchev–Trinajstić information content (AvgIpc) is 2.76. The summed E-state index contributed by atoms with van der Waals surface area (Å²) in [6.45, 7) is 0.632. The van der Waals surface area contributed by atoms with E-state index in [-0.39, 0.29) is 5.91 Å². The van der Waals surface area contributed by atoms with Crippen LogP contribution in [0.15, 0.2) is 28.7 Å². The quantitative estimate of drug-likeness (QED) is 0.761. The fourth-order valence-corrected chi connectivity index (χ4v) is 3.64. The first-order chi connectivity index (χ1) is 9.88. The lowest BCUT2D eigenvalue weighted by Crippen LogP contribution is -2.22. The molecular weight excluding hydrogens is 395 g/mol. The third-order valence-corrected chi connectivity index (χ3v) is 5.57. The molecule has 0 radical (unpaired) electrons. The first-order valence-electron chi connectivity index (χ1n) is 6.07. The number of rotatable bonds is 4. The topological polar surface area (TPSA) is 32.3 Å². The first kappa shape index (κ1) is 16.6. The lowest BCUT2D eigenvalue weighted by Gasteiger charge is -2.13. The predicted molar refractivity (Wildman–Crippen MR) is 93.8 cm³/mol. The van der Waals surface area contributed by atoms with Crippen LogP contribution in [-0.2, 0) is 6.54 Å². The van der Waals surface area contributed by atoms with Crippen molar-refractivity contribution in [3.63, 3.8) is 0 Å². The number of amides is 1. The molecule has 0 bridgehead atoms. The molecule has 1 N–H and O–H groups in total. The Balaban J connectivity index is 2.14. The first-order valence-corrected chi connectivity index (χ1v) is 8.44. The Morgan fingerprint density at radius 3 is 2.62 bits per heavy atom. The van der Waals surface area contributed by atoms with Crippen molar-refractivity contribution in [3.05, 3.63) is 48.5 Å². The van der Waals surface area contributed by atoms with Crippen LogP contribution in [0.4, 0.5) is 5.69 Å². The highest BCUT2D eigenvalue weighted by Crippen LogP contribution is 2.32. The van der Waals surface area contributed by atoms with E-state index in [0.717, 1.165) is 19.4 Å². The number of halogens is 3. The molecule has 0 aliphatic carbocycles. The minimum atomic E-state index is -0.120. The molecule has 1 amide bonds. The summed E-state index contributed by atoms with van der Waals surface area (Å²) in [6.07, 6.45) is 0. The molecule has 112 valence electrons. The molecule has 7 heteroatoms. The Morgan fingerprint density at radius 1 is 1.33 bits per heavy atom. The van der Waals surface area contributed by atoms with E-state index < -0.39 is 0 Å². The van der Waals surface area contributed by atoms with Crippen LogP contribution in [0, 0.1) is 0 Å². The lowest BCUT2D eigenvalue weighted by molar-refractivity contribution is 0.0828. The van der Waals surface area contributed by atoms with Gasteiger partial charge in [-0.1, -0.05) is 23.2 Å². The maximum absolute atomic E-state index is 12.0. The van der Waals surface area contributed by atoms with E-state index in [1.165, 1.54) is 16.2 Å². The summed E-state index contributed by atoms with van der Waals surface area (Å²) in [5.41, 5.74) is 1.32. The van der Waals surface area contributed by atoms with Gasteiger partial charge in [0.25, 0.3) is 5.91 Å². The van der Waals surface area contributed by atoms with Crippen LogP contribution in [0.2, 0.25) is 9.36 Å². The maximum Gasteiger partial charge on any atom is 0.254 e. The molecule has 0 saturated heterocycles. The van der Waals surface area contributed by atoms with E-state index in [1.54, 1.807) is 26.2 Å². The molecule has 0 atom stereocenters. The van der Waals surface area contributed by atoms with Gasteiger partial charge in [-0.05, 0) is 40.2 Å². The van der Waals surface area contributed by atoms with Gasteiger partial charge in [0.05, 0.1) is 10.6 Å². The van der Waals surface area contributed by atoms with E-state index in [4.69, 9.17) is 23.2 Å². The second kappa shape index (κ2) is 7.01. The molecule has 2 rings (SSSR count). The van der Waals surface area contributed by atoms with Gasteiger partial charge in [0.2, 0.25) is 0 Å². The van der Waals surface area contributed by atoms with Crippen molar-refractivity contribution in [2.75, 3.05) is 19.4 Å². The fraction of sp³-hybridized carbons (Fsp3) is 0.214. The van der Waals surface area contributed by atoms with E-state index in [2.05, 4.69) is 21.2 Å². The van der Waals surface area contributed by atoms with Crippen LogP contribution < -0.4 is 5.32 Å². The Bertz CT molecular complexity index is 653. The third-order valence-electron chi connectivity index (χ3n) is 2.77. The van der Waals surface area contributed by atoms with Gasteiger partial charge in [0.15, 0.2) is 0 Å². The smallest absolute Gasteiger partial charge is 0.254 e. The molecule has 0 aliphatic rings. The highest BCUT2D eigenvalue weighted by Gasteiger charge is 2.13. The normalized spacial score (nSPS) is 10.5. The molecule has 1 heterocycles. The largest absolute Gasteiger partial charge is 0.380 e. The van der Waals surface area contributed by atoms with Crippen LogP contribution in [0.5, 0.6) is 0 Å². The lowest BCUT2D eigenvalue weighted by atomic mass is 10.1. The zero-order valence-electron chi connectivity index (χ0n) is 11.4. The Morgan fingerprint density at radius 2 is 2.05 bits per heavy atom. The van der Waals surface area contributed by atoms with Gasteiger partial charge in [-0.15, -0.1) is 11.3 Å². The van der Waals surface area contributed by atoms with Gasteiger partial charge in [-0.3, -0.25) is 4.79 Å². The standard InChI is InChI=1S/C14H13BrCl2N2OS/c1-19(2)14(20)10-5-8(3-4-12(10)16)18-7-9-6-11(15)13(17)21-9/h3-6,18H,7H2,1-2H3. The van der Waals surface area contributed by atoms with Crippen molar-refractivity contribution in [1.82, 2.24) is 4.90 Å². The van der Waals surface area contributed by atoms with Gasteiger partial charge in [0, 0.05) is 35.7 Å². The average molecular weight is 408 g/mol. The highest BCUT2D eigenvalue weighted by molar-refractivity contribution is 9.10. The van der Waals surface area contributed by atoms with Crippen LogP contribution in [0.1, 0.15) is 15.2 Å². The number of carbonyl (C=O) groups excluding carboxylic acids is 1. The Hall–Kier alpha value is -0.750. The fourth-order valence-electron chi connectivity index (χ4n) is 1.71. The minimum absolute atomic E-state index is 0.120. The SMILES string of the molecule is CN(C)C(=O)c1cc(NCc2cc(Br)c(Cl)s2)ccc1Cl. The van der Waals surface area contributed by atoms with Crippen molar-refractivity contribution < 1.29 is 4.79 Å². The molecule has 21 heavy (non-hydrogen) atoms. The molecule has 1 aromatic carbocycles. The number of hydrogen-bond acceptors (Lipinski definition) is 3. The van der Waals surface area contributed by atoms with E-state index in [9.17, 15) is 4.79 Å². The molecule has 0 spiro atoms. The van der Waals surface area contributed by atoms with E-state index >= 15 is 0 Å². The summed E-state index contributed by atoms with van der Waals surface area (Å²) in [5, 5.41) is 3.71.